The van der Waals surface area contributed by atoms with Crippen LogP contribution in [0.4, 0.5) is 0 Å². The van der Waals surface area contributed by atoms with Gasteiger partial charge in [0.05, 0.1) is 10.8 Å². The summed E-state index contributed by atoms with van der Waals surface area (Å²) in [6.45, 7) is 2.91. The lowest BCUT2D eigenvalue weighted by molar-refractivity contribution is -0.131. The van der Waals surface area contributed by atoms with E-state index >= 15 is 0 Å². The number of nitrogens with zero attached hydrogens (tertiary/aromatic N) is 4. The highest BCUT2D eigenvalue weighted by molar-refractivity contribution is 7.99. The van der Waals surface area contributed by atoms with Crippen molar-refractivity contribution in [3.05, 3.63) is 28.2 Å². The van der Waals surface area contributed by atoms with Crippen molar-refractivity contribution >= 4 is 40.9 Å². The van der Waals surface area contributed by atoms with Crippen LogP contribution in [0.25, 0.3) is 11.4 Å². The molecule has 1 fully saturated rings. The molecule has 1 aliphatic rings. The molecule has 25 heavy (non-hydrogen) atoms. The molecule has 2 aromatic rings. The molecule has 1 unspecified atom stereocenters. The van der Waals surface area contributed by atoms with Crippen LogP contribution >= 0.6 is 35.0 Å². The first-order valence-corrected chi connectivity index (χ1v) is 9.79. The van der Waals surface area contributed by atoms with Crippen molar-refractivity contribution in [2.24, 2.45) is 0 Å². The Bertz CT molecular complexity index is 782. The summed E-state index contributed by atoms with van der Waals surface area (Å²) in [5.74, 6) is 6.91. The smallest absolute Gasteiger partial charge is 0.233 e. The van der Waals surface area contributed by atoms with Crippen molar-refractivity contribution in [2.75, 3.05) is 18.1 Å². The third-order valence-corrected chi connectivity index (χ3v) is 5.76. The summed E-state index contributed by atoms with van der Waals surface area (Å²) in [6.07, 6.45) is 3.30. The van der Waals surface area contributed by atoms with Gasteiger partial charge in [0.2, 0.25) is 11.1 Å². The fourth-order valence-electron chi connectivity index (χ4n) is 2.91. The minimum absolute atomic E-state index is 0.103. The normalized spacial score (nSPS) is 17.7. The lowest BCUT2D eigenvalue weighted by Crippen LogP contribution is -2.43. The van der Waals surface area contributed by atoms with E-state index in [1.54, 1.807) is 18.2 Å². The number of carbonyl (C=O) groups excluding carboxylic acids is 1. The van der Waals surface area contributed by atoms with E-state index in [1.807, 2.05) is 4.90 Å². The van der Waals surface area contributed by atoms with Crippen LogP contribution in [0.15, 0.2) is 23.4 Å². The number of rotatable bonds is 4. The minimum Gasteiger partial charge on any atom is -0.339 e. The monoisotopic (exact) mass is 399 g/mol. The van der Waals surface area contributed by atoms with Crippen LogP contribution in [-0.2, 0) is 4.79 Å². The van der Waals surface area contributed by atoms with Crippen LogP contribution in [0.2, 0.25) is 10.0 Å². The van der Waals surface area contributed by atoms with Crippen LogP contribution in [0.1, 0.15) is 26.2 Å². The summed E-state index contributed by atoms with van der Waals surface area (Å²) in [5, 5.41) is 9.63. The Hall–Kier alpha value is -1.44. The molecule has 1 amide bonds. The highest BCUT2D eigenvalue weighted by Crippen LogP contribution is 2.30. The number of carbonyl (C=O) groups is 1. The molecule has 1 saturated heterocycles. The molecule has 0 bridgehead atoms. The number of thioether (sulfide) groups is 1. The maximum absolute atomic E-state index is 12.4. The number of halogens is 2. The molecule has 1 aromatic heterocycles. The van der Waals surface area contributed by atoms with Gasteiger partial charge in [-0.2, -0.15) is 0 Å². The first-order valence-electron chi connectivity index (χ1n) is 8.05. The van der Waals surface area contributed by atoms with Crippen LogP contribution in [-0.4, -0.2) is 44.0 Å². The third kappa shape index (κ3) is 4.04. The lowest BCUT2D eigenvalue weighted by atomic mass is 10.0. The highest BCUT2D eigenvalue weighted by Gasteiger charge is 2.24. The molecule has 3 rings (SSSR count). The fourth-order valence-corrected chi connectivity index (χ4v) is 4.14. The Morgan fingerprint density at radius 3 is 2.88 bits per heavy atom. The predicted octanol–water partition coefficient (Wildman–Crippen LogP) is 3.46. The van der Waals surface area contributed by atoms with Crippen LogP contribution in [0.3, 0.4) is 0 Å². The predicted molar refractivity (Wildman–Crippen MR) is 101 cm³/mol. The van der Waals surface area contributed by atoms with Gasteiger partial charge in [0.1, 0.15) is 0 Å². The Kier molecular flexibility index (Phi) is 5.76. The Balaban J connectivity index is 1.70. The van der Waals surface area contributed by atoms with Crippen LogP contribution in [0, 0.1) is 0 Å². The van der Waals surface area contributed by atoms with E-state index in [9.17, 15) is 4.79 Å². The van der Waals surface area contributed by atoms with Crippen molar-refractivity contribution < 1.29 is 4.79 Å². The van der Waals surface area contributed by atoms with E-state index in [2.05, 4.69) is 17.1 Å². The number of aromatic nitrogens is 3. The Labute approximate surface area is 160 Å². The molecule has 1 aliphatic heterocycles. The van der Waals surface area contributed by atoms with Gasteiger partial charge in [-0.3, -0.25) is 4.79 Å². The molecular formula is C16H19Cl2N5OS. The number of nitrogens with two attached hydrogens (primary N) is 1. The van der Waals surface area contributed by atoms with Gasteiger partial charge >= 0.3 is 0 Å². The zero-order valence-electron chi connectivity index (χ0n) is 13.8. The first-order chi connectivity index (χ1) is 12.0. The van der Waals surface area contributed by atoms with Gasteiger partial charge in [-0.1, -0.05) is 35.0 Å². The van der Waals surface area contributed by atoms with E-state index in [-0.39, 0.29) is 11.7 Å². The molecular weight excluding hydrogens is 381 g/mol. The maximum Gasteiger partial charge on any atom is 0.233 e. The van der Waals surface area contributed by atoms with E-state index in [0.29, 0.717) is 32.6 Å². The van der Waals surface area contributed by atoms with Gasteiger partial charge in [-0.15, -0.1) is 10.2 Å². The zero-order chi connectivity index (χ0) is 18.0. The largest absolute Gasteiger partial charge is 0.339 e. The number of nitrogen functional groups attached to an aromatic ring is 1. The van der Waals surface area contributed by atoms with Gasteiger partial charge in [0, 0.05) is 23.2 Å². The molecule has 0 saturated carbocycles. The van der Waals surface area contributed by atoms with E-state index in [0.717, 1.165) is 19.4 Å². The summed E-state index contributed by atoms with van der Waals surface area (Å²) < 4.78 is 1.35. The molecule has 6 nitrogen and oxygen atoms in total. The molecule has 1 atom stereocenters. The molecule has 2 heterocycles. The second-order valence-electron chi connectivity index (χ2n) is 6.02. The highest BCUT2D eigenvalue weighted by atomic mass is 35.5. The second kappa shape index (κ2) is 7.85. The lowest BCUT2D eigenvalue weighted by Gasteiger charge is -2.33. The van der Waals surface area contributed by atoms with E-state index < -0.39 is 0 Å². The quantitative estimate of drug-likeness (QED) is 0.628. The molecule has 2 N–H and O–H groups in total. The zero-order valence-corrected chi connectivity index (χ0v) is 16.1. The number of likely N-dealkylation sites (tertiary alicyclic amines) is 1. The Morgan fingerprint density at radius 1 is 1.36 bits per heavy atom. The molecule has 9 heteroatoms. The standard InChI is InChI=1S/C16H19Cl2N5OS/c1-10-4-2-3-7-22(10)14(24)9-25-16-21-20-15(23(16)19)12-6-5-11(17)8-13(12)18/h5-6,8,10H,2-4,7,9,19H2,1H3. The van der Waals surface area contributed by atoms with Crippen LogP contribution < -0.4 is 5.84 Å². The van der Waals surface area contributed by atoms with E-state index in [4.69, 9.17) is 29.0 Å². The second-order valence-corrected chi connectivity index (χ2v) is 7.81. The summed E-state index contributed by atoms with van der Waals surface area (Å²) >= 11 is 13.4. The van der Waals surface area contributed by atoms with Gasteiger partial charge in [-0.25, -0.2) is 4.68 Å². The summed E-state index contributed by atoms with van der Waals surface area (Å²) in [6, 6.07) is 5.38. The number of hydrogen-bond acceptors (Lipinski definition) is 5. The average molecular weight is 400 g/mol. The third-order valence-electron chi connectivity index (χ3n) is 4.28. The Morgan fingerprint density at radius 2 is 2.16 bits per heavy atom. The van der Waals surface area contributed by atoms with Crippen molar-refractivity contribution in [3.63, 3.8) is 0 Å². The van der Waals surface area contributed by atoms with Crippen molar-refractivity contribution in [1.29, 1.82) is 0 Å². The van der Waals surface area contributed by atoms with Gasteiger partial charge in [0.15, 0.2) is 5.82 Å². The molecule has 1 aromatic carbocycles. The molecule has 0 radical (unpaired) electrons. The number of benzene rings is 1. The number of amides is 1. The number of piperidine rings is 1. The fraction of sp³-hybridized carbons (Fsp3) is 0.438. The van der Waals surface area contributed by atoms with E-state index in [1.165, 1.54) is 22.9 Å². The first kappa shape index (κ1) is 18.4. The van der Waals surface area contributed by atoms with Gasteiger partial charge in [0.25, 0.3) is 0 Å². The summed E-state index contributed by atoms with van der Waals surface area (Å²) in [5.41, 5.74) is 0.642. The van der Waals surface area contributed by atoms with Gasteiger partial charge in [-0.05, 0) is 44.4 Å². The summed E-state index contributed by atoms with van der Waals surface area (Å²) in [7, 11) is 0. The molecule has 0 aliphatic carbocycles. The van der Waals surface area contributed by atoms with Crippen molar-refractivity contribution in [3.8, 4) is 11.4 Å². The van der Waals surface area contributed by atoms with Gasteiger partial charge < -0.3 is 10.7 Å². The van der Waals surface area contributed by atoms with Crippen LogP contribution in [0.5, 0.6) is 0 Å². The number of hydrogen-bond donors (Lipinski definition) is 1. The summed E-state index contributed by atoms with van der Waals surface area (Å²) in [4.78, 5) is 14.4. The van der Waals surface area contributed by atoms with Crippen molar-refractivity contribution in [1.82, 2.24) is 19.8 Å². The minimum atomic E-state index is 0.103. The average Bonchev–Trinajstić information content (AvgIpc) is 2.94. The maximum atomic E-state index is 12.4. The topological polar surface area (TPSA) is 77.0 Å². The SMILES string of the molecule is CC1CCCCN1C(=O)CSc1nnc(-c2ccc(Cl)cc2Cl)n1N. The molecule has 0 spiro atoms. The molecule has 134 valence electrons. The van der Waals surface area contributed by atoms with Crippen molar-refractivity contribution in [2.45, 2.75) is 37.4 Å².